The van der Waals surface area contributed by atoms with Crippen LogP contribution >= 0.6 is 0 Å². The van der Waals surface area contributed by atoms with E-state index in [2.05, 4.69) is 16.4 Å². The van der Waals surface area contributed by atoms with E-state index in [4.69, 9.17) is 5.26 Å². The van der Waals surface area contributed by atoms with Crippen molar-refractivity contribution >= 4 is 16.7 Å². The van der Waals surface area contributed by atoms with Gasteiger partial charge < -0.3 is 9.88 Å². The van der Waals surface area contributed by atoms with Crippen LogP contribution in [0.4, 0.5) is 0 Å². The molecule has 0 aliphatic rings. The summed E-state index contributed by atoms with van der Waals surface area (Å²) in [6, 6.07) is 19.9. The topological polar surface area (TPSA) is 87.8 Å². The van der Waals surface area contributed by atoms with Crippen molar-refractivity contribution in [2.75, 3.05) is 0 Å². The summed E-state index contributed by atoms with van der Waals surface area (Å²) in [5.41, 5.74) is 2.65. The Morgan fingerprint density at radius 3 is 2.63 bits per heavy atom. The van der Waals surface area contributed by atoms with Gasteiger partial charge in [0.15, 0.2) is 0 Å². The van der Waals surface area contributed by atoms with E-state index in [0.717, 1.165) is 16.5 Å². The molecule has 6 heteroatoms. The van der Waals surface area contributed by atoms with Crippen molar-refractivity contribution in [3.8, 4) is 6.07 Å². The van der Waals surface area contributed by atoms with Crippen LogP contribution in [0.5, 0.6) is 0 Å². The molecule has 2 aromatic heterocycles. The first-order valence-corrected chi connectivity index (χ1v) is 9.43. The Morgan fingerprint density at radius 2 is 1.90 bits per heavy atom. The van der Waals surface area contributed by atoms with Gasteiger partial charge in [-0.25, -0.2) is 0 Å². The van der Waals surface area contributed by atoms with Gasteiger partial charge in [-0.05, 0) is 52.9 Å². The average Bonchev–Trinajstić information content (AvgIpc) is 2.80. The van der Waals surface area contributed by atoms with Crippen LogP contribution in [-0.4, -0.2) is 15.5 Å². The lowest BCUT2D eigenvalue weighted by molar-refractivity contribution is 0.0951. The third kappa shape index (κ3) is 4.10. The predicted molar refractivity (Wildman–Crippen MR) is 114 cm³/mol. The summed E-state index contributed by atoms with van der Waals surface area (Å²) in [7, 11) is 0. The Balaban J connectivity index is 1.58. The number of benzene rings is 2. The number of carbonyl (C=O) groups excluding carboxylic acids is 1. The van der Waals surface area contributed by atoms with Gasteiger partial charge >= 0.3 is 0 Å². The normalized spacial score (nSPS) is 10.5. The van der Waals surface area contributed by atoms with E-state index in [1.54, 1.807) is 53.5 Å². The Morgan fingerprint density at radius 1 is 1.07 bits per heavy atom. The molecule has 1 amide bonds. The SMILES string of the molecule is N#Cc1ccc(Cn2ccc3ccc(C(=O)NCc4cccnc4)cc3c2=O)cc1. The number of rotatable bonds is 5. The van der Waals surface area contributed by atoms with Gasteiger partial charge in [-0.2, -0.15) is 5.26 Å². The second-order valence-corrected chi connectivity index (χ2v) is 6.90. The van der Waals surface area contributed by atoms with Gasteiger partial charge in [0.1, 0.15) is 0 Å². The summed E-state index contributed by atoms with van der Waals surface area (Å²) in [5, 5.41) is 13.0. The molecule has 146 valence electrons. The van der Waals surface area contributed by atoms with E-state index in [9.17, 15) is 9.59 Å². The molecule has 0 bridgehead atoms. The maximum Gasteiger partial charge on any atom is 0.258 e. The maximum atomic E-state index is 13.0. The zero-order valence-electron chi connectivity index (χ0n) is 16.1. The highest BCUT2D eigenvalue weighted by Gasteiger charge is 2.10. The van der Waals surface area contributed by atoms with Gasteiger partial charge in [0, 0.05) is 36.1 Å². The number of nitriles is 1. The number of nitrogens with one attached hydrogen (secondary N) is 1. The van der Waals surface area contributed by atoms with E-state index in [0.29, 0.717) is 29.6 Å². The first-order valence-electron chi connectivity index (χ1n) is 9.43. The fourth-order valence-corrected chi connectivity index (χ4v) is 3.21. The number of hydrogen-bond acceptors (Lipinski definition) is 4. The van der Waals surface area contributed by atoms with Crippen LogP contribution in [-0.2, 0) is 13.1 Å². The van der Waals surface area contributed by atoms with Crippen LogP contribution < -0.4 is 10.9 Å². The van der Waals surface area contributed by atoms with Crippen LogP contribution in [0.2, 0.25) is 0 Å². The number of amides is 1. The van der Waals surface area contributed by atoms with Gasteiger partial charge in [0.05, 0.1) is 18.2 Å². The minimum Gasteiger partial charge on any atom is -0.348 e. The average molecular weight is 394 g/mol. The Kier molecular flexibility index (Phi) is 5.35. The monoisotopic (exact) mass is 394 g/mol. The van der Waals surface area contributed by atoms with E-state index in [1.165, 1.54) is 0 Å². The van der Waals surface area contributed by atoms with Crippen molar-refractivity contribution in [3.05, 3.63) is 112 Å². The molecule has 1 N–H and O–H groups in total. The van der Waals surface area contributed by atoms with E-state index < -0.39 is 0 Å². The fourth-order valence-electron chi connectivity index (χ4n) is 3.21. The second-order valence-electron chi connectivity index (χ2n) is 6.90. The standard InChI is InChI=1S/C24H18N4O2/c25-13-17-3-5-18(6-4-17)16-28-11-9-20-7-8-21(12-22(20)24(28)30)23(29)27-15-19-2-1-10-26-14-19/h1-12,14H,15-16H2,(H,27,29). The minimum absolute atomic E-state index is 0.168. The highest BCUT2D eigenvalue weighted by Crippen LogP contribution is 2.14. The third-order valence-corrected chi connectivity index (χ3v) is 4.85. The van der Waals surface area contributed by atoms with Gasteiger partial charge in [0.2, 0.25) is 0 Å². The first-order chi connectivity index (χ1) is 14.6. The molecule has 30 heavy (non-hydrogen) atoms. The summed E-state index contributed by atoms with van der Waals surface area (Å²) in [4.78, 5) is 29.6. The van der Waals surface area contributed by atoms with Crippen LogP contribution in [0.15, 0.2) is 84.0 Å². The molecule has 2 aromatic carbocycles. The van der Waals surface area contributed by atoms with Crippen LogP contribution in [0.3, 0.4) is 0 Å². The molecule has 4 aromatic rings. The van der Waals surface area contributed by atoms with Crippen molar-refractivity contribution < 1.29 is 4.79 Å². The second kappa shape index (κ2) is 8.41. The van der Waals surface area contributed by atoms with Crippen molar-refractivity contribution in [3.63, 3.8) is 0 Å². The quantitative estimate of drug-likeness (QED) is 0.563. The number of hydrogen-bond donors (Lipinski definition) is 1. The molecule has 4 rings (SSSR count). The number of carbonyl (C=O) groups is 1. The summed E-state index contributed by atoms with van der Waals surface area (Å²) >= 11 is 0. The summed E-state index contributed by atoms with van der Waals surface area (Å²) in [6.07, 6.45) is 5.12. The van der Waals surface area contributed by atoms with E-state index in [1.807, 2.05) is 30.3 Å². The highest BCUT2D eigenvalue weighted by atomic mass is 16.1. The lowest BCUT2D eigenvalue weighted by Crippen LogP contribution is -2.24. The molecule has 6 nitrogen and oxygen atoms in total. The van der Waals surface area contributed by atoms with Crippen molar-refractivity contribution in [2.24, 2.45) is 0 Å². The minimum atomic E-state index is -0.248. The highest BCUT2D eigenvalue weighted by molar-refractivity contribution is 5.98. The van der Waals surface area contributed by atoms with Crippen LogP contribution in [0.25, 0.3) is 10.8 Å². The number of nitrogens with zero attached hydrogens (tertiary/aromatic N) is 3. The van der Waals surface area contributed by atoms with Crippen LogP contribution in [0.1, 0.15) is 27.0 Å². The molecule has 0 fully saturated rings. The summed E-state index contributed by atoms with van der Waals surface area (Å²) in [6.45, 7) is 0.750. The van der Waals surface area contributed by atoms with Crippen LogP contribution in [0, 0.1) is 11.3 Å². The molecule has 0 radical (unpaired) electrons. The zero-order valence-corrected chi connectivity index (χ0v) is 16.1. The molecule has 0 saturated carbocycles. The number of aromatic nitrogens is 2. The van der Waals surface area contributed by atoms with Crippen molar-refractivity contribution in [1.82, 2.24) is 14.9 Å². The Hall–Kier alpha value is -4.24. The number of fused-ring (bicyclic) bond motifs is 1. The van der Waals surface area contributed by atoms with Gasteiger partial charge in [-0.15, -0.1) is 0 Å². The third-order valence-electron chi connectivity index (χ3n) is 4.85. The lowest BCUT2D eigenvalue weighted by Gasteiger charge is -2.09. The van der Waals surface area contributed by atoms with Crippen molar-refractivity contribution in [2.45, 2.75) is 13.1 Å². The predicted octanol–water partition coefficient (Wildman–Crippen LogP) is 3.25. The molecule has 0 aliphatic heterocycles. The van der Waals surface area contributed by atoms with Crippen molar-refractivity contribution in [1.29, 1.82) is 5.26 Å². The summed E-state index contributed by atoms with van der Waals surface area (Å²) < 4.78 is 1.60. The van der Waals surface area contributed by atoms with E-state index >= 15 is 0 Å². The molecule has 2 heterocycles. The van der Waals surface area contributed by atoms with Gasteiger partial charge in [-0.3, -0.25) is 14.6 Å². The maximum absolute atomic E-state index is 13.0. The molecular formula is C24H18N4O2. The first kappa shape index (κ1) is 19.1. The summed E-state index contributed by atoms with van der Waals surface area (Å²) in [5.74, 6) is -0.248. The Bertz CT molecular complexity index is 1300. The Labute approximate surface area is 173 Å². The molecule has 0 unspecified atom stereocenters. The molecular weight excluding hydrogens is 376 g/mol. The fraction of sp³-hybridized carbons (Fsp3) is 0.0833. The molecule has 0 aliphatic carbocycles. The van der Waals surface area contributed by atoms with Gasteiger partial charge in [0.25, 0.3) is 11.5 Å². The molecule has 0 saturated heterocycles. The van der Waals surface area contributed by atoms with Gasteiger partial charge in [-0.1, -0.05) is 24.3 Å². The molecule has 0 atom stereocenters. The van der Waals surface area contributed by atoms with E-state index in [-0.39, 0.29) is 11.5 Å². The lowest BCUT2D eigenvalue weighted by atomic mass is 10.1. The molecule has 0 spiro atoms. The largest absolute Gasteiger partial charge is 0.348 e. The smallest absolute Gasteiger partial charge is 0.258 e. The number of pyridine rings is 2. The zero-order chi connectivity index (χ0) is 20.9.